The number of amides is 1. The van der Waals surface area contributed by atoms with Crippen LogP contribution < -0.4 is 5.32 Å². The Hall–Kier alpha value is -1.35. The largest absolute Gasteiger partial charge is 0.343 e. The SMILES string of the molecule is CCN(CC)C(=O)[C@@H]1CNC[C@H](c2ccccc2)C1. The summed E-state index contributed by atoms with van der Waals surface area (Å²) >= 11 is 0. The van der Waals surface area contributed by atoms with Gasteiger partial charge >= 0.3 is 0 Å². The molecule has 0 saturated carbocycles. The minimum Gasteiger partial charge on any atom is -0.343 e. The first-order chi connectivity index (χ1) is 9.26. The fourth-order valence-electron chi connectivity index (χ4n) is 2.90. The summed E-state index contributed by atoms with van der Waals surface area (Å²) in [6, 6.07) is 10.5. The van der Waals surface area contributed by atoms with Crippen molar-refractivity contribution in [3.63, 3.8) is 0 Å². The molecule has 2 atom stereocenters. The van der Waals surface area contributed by atoms with Crippen molar-refractivity contribution in [3.8, 4) is 0 Å². The lowest BCUT2D eigenvalue weighted by atomic mass is 9.85. The molecule has 19 heavy (non-hydrogen) atoms. The monoisotopic (exact) mass is 260 g/mol. The molecular formula is C16H24N2O. The smallest absolute Gasteiger partial charge is 0.226 e. The van der Waals surface area contributed by atoms with E-state index in [0.717, 1.165) is 32.6 Å². The highest BCUT2D eigenvalue weighted by molar-refractivity contribution is 5.79. The molecule has 0 aromatic heterocycles. The van der Waals surface area contributed by atoms with Gasteiger partial charge in [0.2, 0.25) is 5.91 Å². The van der Waals surface area contributed by atoms with Crippen LogP contribution in [0, 0.1) is 5.92 Å². The van der Waals surface area contributed by atoms with Crippen molar-refractivity contribution < 1.29 is 4.79 Å². The van der Waals surface area contributed by atoms with Crippen molar-refractivity contribution >= 4 is 5.91 Å². The van der Waals surface area contributed by atoms with Crippen LogP contribution in [0.5, 0.6) is 0 Å². The summed E-state index contributed by atoms with van der Waals surface area (Å²) in [6.07, 6.45) is 0.965. The van der Waals surface area contributed by atoms with Gasteiger partial charge in [-0.25, -0.2) is 0 Å². The number of rotatable bonds is 4. The summed E-state index contributed by atoms with van der Waals surface area (Å²) in [5, 5.41) is 3.42. The highest BCUT2D eigenvalue weighted by atomic mass is 16.2. The van der Waals surface area contributed by atoms with E-state index in [-0.39, 0.29) is 5.92 Å². The van der Waals surface area contributed by atoms with Gasteiger partial charge in [0.05, 0.1) is 5.92 Å². The second kappa shape index (κ2) is 6.71. The quantitative estimate of drug-likeness (QED) is 0.900. The van der Waals surface area contributed by atoms with E-state index < -0.39 is 0 Å². The third-order valence-corrected chi connectivity index (χ3v) is 4.05. The molecule has 0 bridgehead atoms. The molecule has 0 spiro atoms. The number of nitrogens with zero attached hydrogens (tertiary/aromatic N) is 1. The van der Waals surface area contributed by atoms with E-state index in [1.165, 1.54) is 5.56 Å². The second-order valence-corrected chi connectivity index (χ2v) is 5.21. The molecule has 1 N–H and O–H groups in total. The van der Waals surface area contributed by atoms with Crippen LogP contribution in [0.15, 0.2) is 30.3 Å². The van der Waals surface area contributed by atoms with E-state index in [0.29, 0.717) is 11.8 Å². The molecule has 1 fully saturated rings. The lowest BCUT2D eigenvalue weighted by Gasteiger charge is -2.32. The zero-order chi connectivity index (χ0) is 13.7. The predicted octanol–water partition coefficient (Wildman–Crippen LogP) is 2.25. The van der Waals surface area contributed by atoms with Crippen LogP contribution in [0.1, 0.15) is 31.7 Å². The van der Waals surface area contributed by atoms with Crippen LogP contribution in [-0.4, -0.2) is 37.0 Å². The minimum atomic E-state index is 0.124. The lowest BCUT2D eigenvalue weighted by Crippen LogP contribution is -2.45. The Morgan fingerprint density at radius 3 is 2.53 bits per heavy atom. The molecule has 0 radical (unpaired) electrons. The average molecular weight is 260 g/mol. The van der Waals surface area contributed by atoms with Crippen molar-refractivity contribution in [2.24, 2.45) is 5.92 Å². The zero-order valence-corrected chi connectivity index (χ0v) is 11.9. The summed E-state index contributed by atoms with van der Waals surface area (Å²) in [6.45, 7) is 7.51. The maximum atomic E-state index is 12.4. The van der Waals surface area contributed by atoms with Crippen molar-refractivity contribution in [3.05, 3.63) is 35.9 Å². The molecule has 1 saturated heterocycles. The molecule has 3 nitrogen and oxygen atoms in total. The molecule has 2 rings (SSSR count). The molecule has 1 aliphatic rings. The van der Waals surface area contributed by atoms with Gasteiger partial charge in [0, 0.05) is 26.2 Å². The first-order valence-electron chi connectivity index (χ1n) is 7.30. The van der Waals surface area contributed by atoms with Crippen LogP contribution in [-0.2, 0) is 4.79 Å². The van der Waals surface area contributed by atoms with E-state index in [1.54, 1.807) is 0 Å². The van der Waals surface area contributed by atoms with Crippen LogP contribution in [0.2, 0.25) is 0 Å². The van der Waals surface area contributed by atoms with Gasteiger partial charge in [-0.15, -0.1) is 0 Å². The first-order valence-corrected chi connectivity index (χ1v) is 7.30. The summed E-state index contributed by atoms with van der Waals surface area (Å²) in [7, 11) is 0. The van der Waals surface area contributed by atoms with Gasteiger partial charge in [0.25, 0.3) is 0 Å². The van der Waals surface area contributed by atoms with Crippen LogP contribution >= 0.6 is 0 Å². The molecule has 1 amide bonds. The van der Waals surface area contributed by atoms with E-state index in [2.05, 4.69) is 29.6 Å². The Bertz CT molecular complexity index is 400. The molecule has 1 aromatic carbocycles. The Balaban J connectivity index is 2.03. The van der Waals surface area contributed by atoms with Gasteiger partial charge in [-0.1, -0.05) is 30.3 Å². The van der Waals surface area contributed by atoms with Crippen molar-refractivity contribution in [1.82, 2.24) is 10.2 Å². The van der Waals surface area contributed by atoms with Gasteiger partial charge in [0.1, 0.15) is 0 Å². The molecule has 104 valence electrons. The number of piperidine rings is 1. The van der Waals surface area contributed by atoms with Gasteiger partial charge < -0.3 is 10.2 Å². The third kappa shape index (κ3) is 3.35. The van der Waals surface area contributed by atoms with Crippen LogP contribution in [0.4, 0.5) is 0 Å². The number of hydrogen-bond donors (Lipinski definition) is 1. The van der Waals surface area contributed by atoms with Crippen molar-refractivity contribution in [1.29, 1.82) is 0 Å². The van der Waals surface area contributed by atoms with E-state index in [4.69, 9.17) is 0 Å². The minimum absolute atomic E-state index is 0.124. The first kappa shape index (κ1) is 14.1. The van der Waals surface area contributed by atoms with Crippen molar-refractivity contribution in [2.45, 2.75) is 26.2 Å². The summed E-state index contributed by atoms with van der Waals surface area (Å²) in [5.41, 5.74) is 1.34. The van der Waals surface area contributed by atoms with Crippen LogP contribution in [0.3, 0.4) is 0 Å². The molecular weight excluding hydrogens is 236 g/mol. The number of carbonyl (C=O) groups excluding carboxylic acids is 1. The maximum Gasteiger partial charge on any atom is 0.226 e. The number of carbonyl (C=O) groups is 1. The van der Waals surface area contributed by atoms with E-state index in [1.807, 2.05) is 24.8 Å². The number of hydrogen-bond acceptors (Lipinski definition) is 2. The van der Waals surface area contributed by atoms with Crippen molar-refractivity contribution in [2.75, 3.05) is 26.2 Å². The molecule has 1 aliphatic heterocycles. The molecule has 0 unspecified atom stereocenters. The fraction of sp³-hybridized carbons (Fsp3) is 0.562. The second-order valence-electron chi connectivity index (χ2n) is 5.21. The predicted molar refractivity (Wildman–Crippen MR) is 78.1 cm³/mol. The Labute approximate surface area is 116 Å². The fourth-order valence-corrected chi connectivity index (χ4v) is 2.90. The van der Waals surface area contributed by atoms with Gasteiger partial charge in [0.15, 0.2) is 0 Å². The lowest BCUT2D eigenvalue weighted by molar-refractivity contribution is -0.135. The summed E-state index contributed by atoms with van der Waals surface area (Å²) in [4.78, 5) is 14.4. The maximum absolute atomic E-state index is 12.4. The number of nitrogens with one attached hydrogen (secondary N) is 1. The van der Waals surface area contributed by atoms with Gasteiger partial charge in [-0.05, 0) is 31.7 Å². The molecule has 0 aliphatic carbocycles. The standard InChI is InChI=1S/C16H24N2O/c1-3-18(4-2)16(19)15-10-14(11-17-12-15)13-8-6-5-7-9-13/h5-9,14-15,17H,3-4,10-12H2,1-2H3/t14-,15+/m1/s1. The van der Waals surface area contributed by atoms with Gasteiger partial charge in [-0.3, -0.25) is 4.79 Å². The normalized spacial score (nSPS) is 23.1. The Morgan fingerprint density at radius 1 is 1.21 bits per heavy atom. The van der Waals surface area contributed by atoms with Gasteiger partial charge in [-0.2, -0.15) is 0 Å². The molecule has 1 heterocycles. The average Bonchev–Trinajstić information content (AvgIpc) is 2.49. The molecule has 3 heteroatoms. The Kier molecular flexibility index (Phi) is 4.97. The van der Waals surface area contributed by atoms with E-state index >= 15 is 0 Å². The van der Waals surface area contributed by atoms with E-state index in [9.17, 15) is 4.79 Å². The topological polar surface area (TPSA) is 32.3 Å². The third-order valence-electron chi connectivity index (χ3n) is 4.05. The highest BCUT2D eigenvalue weighted by Gasteiger charge is 2.29. The van der Waals surface area contributed by atoms with Crippen LogP contribution in [0.25, 0.3) is 0 Å². The Morgan fingerprint density at radius 2 is 1.89 bits per heavy atom. The summed E-state index contributed by atoms with van der Waals surface area (Å²) in [5.74, 6) is 0.886. The molecule has 1 aromatic rings. The zero-order valence-electron chi connectivity index (χ0n) is 11.9. The summed E-state index contributed by atoms with van der Waals surface area (Å²) < 4.78 is 0. The number of benzene rings is 1. The highest BCUT2D eigenvalue weighted by Crippen LogP contribution is 2.27.